The van der Waals surface area contributed by atoms with E-state index in [0.29, 0.717) is 52.1 Å². The summed E-state index contributed by atoms with van der Waals surface area (Å²) in [6.07, 6.45) is 2.11. The summed E-state index contributed by atoms with van der Waals surface area (Å²) in [5.74, 6) is -0.228. The van der Waals surface area contributed by atoms with E-state index in [4.69, 9.17) is 5.26 Å². The second-order valence-electron chi connectivity index (χ2n) is 8.52. The van der Waals surface area contributed by atoms with Crippen molar-refractivity contribution in [2.75, 3.05) is 11.9 Å². The van der Waals surface area contributed by atoms with Gasteiger partial charge in [0.1, 0.15) is 11.8 Å². The summed E-state index contributed by atoms with van der Waals surface area (Å²) in [4.78, 5) is 32.4. The van der Waals surface area contributed by atoms with Crippen molar-refractivity contribution in [3.8, 4) is 23.7 Å². The molecule has 4 aromatic rings. The zero-order valence-corrected chi connectivity index (χ0v) is 18.2. The minimum absolute atomic E-state index is 0.228. The van der Waals surface area contributed by atoms with Gasteiger partial charge in [0.2, 0.25) is 5.88 Å². The first-order valence-corrected chi connectivity index (χ1v) is 10.9. The van der Waals surface area contributed by atoms with Crippen LogP contribution in [0.3, 0.4) is 0 Å². The van der Waals surface area contributed by atoms with Crippen molar-refractivity contribution in [3.05, 3.63) is 82.0 Å². The Kier molecular flexibility index (Phi) is 4.38. The maximum absolute atomic E-state index is 13.4. The number of amides is 2. The van der Waals surface area contributed by atoms with E-state index in [1.165, 1.54) is 4.57 Å². The minimum Gasteiger partial charge on any atom is -0.493 e. The Bertz CT molecular complexity index is 1670. The van der Waals surface area contributed by atoms with Crippen LogP contribution in [0.2, 0.25) is 0 Å². The Morgan fingerprint density at radius 3 is 2.66 bits per heavy atom. The summed E-state index contributed by atoms with van der Waals surface area (Å²) < 4.78 is 2.79. The van der Waals surface area contributed by atoms with Crippen molar-refractivity contribution >= 4 is 22.6 Å². The lowest BCUT2D eigenvalue weighted by atomic mass is 10.1. The Morgan fingerprint density at radius 1 is 1.11 bits per heavy atom. The van der Waals surface area contributed by atoms with Gasteiger partial charge in [-0.1, -0.05) is 0 Å². The van der Waals surface area contributed by atoms with Crippen LogP contribution in [0.5, 0.6) is 5.88 Å². The highest BCUT2D eigenvalue weighted by Crippen LogP contribution is 2.49. The largest absolute Gasteiger partial charge is 0.493 e. The number of nitrogens with zero attached hydrogens (tertiary/aromatic N) is 6. The quantitative estimate of drug-likeness (QED) is 0.468. The Morgan fingerprint density at radius 2 is 1.91 bits per heavy atom. The van der Waals surface area contributed by atoms with Crippen molar-refractivity contribution in [2.45, 2.75) is 18.5 Å². The molecule has 4 heterocycles. The van der Waals surface area contributed by atoms with Crippen molar-refractivity contribution in [3.63, 3.8) is 0 Å². The van der Waals surface area contributed by atoms with E-state index >= 15 is 0 Å². The molecule has 0 unspecified atom stereocenters. The third-order valence-corrected chi connectivity index (χ3v) is 6.69. The van der Waals surface area contributed by atoms with Crippen LogP contribution < -0.4 is 11.0 Å². The average Bonchev–Trinajstić information content (AvgIpc) is 3.55. The fraction of sp³-hybridized carbons (Fsp3) is 0.160. The van der Waals surface area contributed by atoms with E-state index in [-0.39, 0.29) is 18.0 Å². The standard InChI is InChI=1S/C25H17N7O3/c26-11-14-3-6-16(7-4-14)29-24(34)30-13-17-10-20(30)22-23(33)32(25(35)31(17)22)19-8-5-15(12-27)21-18(19)2-1-9-28-21/h1-9,17,20,33H,10,13H2,(H,29,34)/t17-,20-/m0/s1. The lowest BCUT2D eigenvalue weighted by Gasteiger charge is -2.27. The SMILES string of the molecule is N#Cc1ccc(NC(=O)N2C[C@@H]3C[C@H]2c2c(O)n(-c4ccc(C#N)c5ncccc45)c(=O)n23)cc1. The summed E-state index contributed by atoms with van der Waals surface area (Å²) in [6.45, 7) is 0.332. The zero-order chi connectivity index (χ0) is 24.3. The first-order valence-electron chi connectivity index (χ1n) is 10.9. The molecule has 170 valence electrons. The number of pyridine rings is 1. The van der Waals surface area contributed by atoms with Crippen LogP contribution in [0, 0.1) is 22.7 Å². The van der Waals surface area contributed by atoms with Crippen LogP contribution in [0.4, 0.5) is 10.5 Å². The summed E-state index contributed by atoms with van der Waals surface area (Å²) in [5.41, 5.74) is 2.27. The fourth-order valence-corrected chi connectivity index (χ4v) is 5.15. The van der Waals surface area contributed by atoms with Crippen molar-refractivity contribution in [1.29, 1.82) is 10.5 Å². The first kappa shape index (κ1) is 20.5. The molecule has 2 amide bonds. The number of aromatic nitrogens is 3. The zero-order valence-electron chi connectivity index (χ0n) is 18.2. The van der Waals surface area contributed by atoms with Crippen LogP contribution in [-0.2, 0) is 0 Å². The predicted molar refractivity (Wildman–Crippen MR) is 125 cm³/mol. The number of hydrogen-bond acceptors (Lipinski definition) is 6. The van der Waals surface area contributed by atoms with E-state index in [2.05, 4.69) is 16.4 Å². The van der Waals surface area contributed by atoms with Crippen molar-refractivity contribution in [1.82, 2.24) is 19.0 Å². The predicted octanol–water partition coefficient (Wildman–Crippen LogP) is 3.17. The molecular formula is C25H17N7O3. The number of benzene rings is 2. The molecule has 1 saturated heterocycles. The second kappa shape index (κ2) is 7.47. The Hall–Kier alpha value is -5.09. The van der Waals surface area contributed by atoms with Gasteiger partial charge in [0.25, 0.3) is 0 Å². The molecule has 0 spiro atoms. The smallest absolute Gasteiger partial charge is 0.336 e. The molecule has 2 atom stereocenters. The van der Waals surface area contributed by atoms with Crippen molar-refractivity contribution in [2.24, 2.45) is 0 Å². The van der Waals surface area contributed by atoms with E-state index < -0.39 is 11.7 Å². The molecule has 2 aliphatic heterocycles. The number of carbonyl (C=O) groups is 1. The maximum atomic E-state index is 13.4. The lowest BCUT2D eigenvalue weighted by molar-refractivity contribution is 0.198. The van der Waals surface area contributed by atoms with Gasteiger partial charge in [-0.05, 0) is 55.0 Å². The Labute approximate surface area is 198 Å². The molecule has 0 saturated carbocycles. The van der Waals surface area contributed by atoms with E-state index in [0.717, 1.165) is 0 Å². The number of fused-ring (bicyclic) bond motifs is 6. The summed E-state index contributed by atoms with van der Waals surface area (Å²) in [5, 5.41) is 33.0. The molecule has 10 nitrogen and oxygen atoms in total. The number of hydrogen-bond donors (Lipinski definition) is 2. The summed E-state index contributed by atoms with van der Waals surface area (Å²) >= 11 is 0. The summed E-state index contributed by atoms with van der Waals surface area (Å²) in [6, 6.07) is 16.3. The molecule has 6 rings (SSSR count). The number of anilines is 1. The normalized spacial score (nSPS) is 17.7. The number of aromatic hydroxyl groups is 1. The highest BCUT2D eigenvalue weighted by atomic mass is 16.3. The third kappa shape index (κ3) is 2.90. The van der Waals surface area contributed by atoms with Crippen LogP contribution >= 0.6 is 0 Å². The van der Waals surface area contributed by atoms with Gasteiger partial charge in [0.05, 0.1) is 40.5 Å². The molecule has 35 heavy (non-hydrogen) atoms. The van der Waals surface area contributed by atoms with E-state index in [9.17, 15) is 20.0 Å². The number of likely N-dealkylation sites (tertiary alicyclic amines) is 1. The molecular weight excluding hydrogens is 446 g/mol. The number of urea groups is 1. The monoisotopic (exact) mass is 463 g/mol. The number of nitrogens with one attached hydrogen (secondary N) is 1. The molecule has 0 radical (unpaired) electrons. The Balaban J connectivity index is 1.38. The molecule has 2 aliphatic rings. The molecule has 1 fully saturated rings. The number of nitriles is 2. The van der Waals surface area contributed by atoms with Crippen LogP contribution in [0.25, 0.3) is 16.6 Å². The van der Waals surface area contributed by atoms with E-state index in [1.54, 1.807) is 64.2 Å². The van der Waals surface area contributed by atoms with Crippen LogP contribution in [0.15, 0.2) is 59.5 Å². The van der Waals surface area contributed by atoms with Crippen molar-refractivity contribution < 1.29 is 9.90 Å². The average molecular weight is 463 g/mol. The fourth-order valence-electron chi connectivity index (χ4n) is 5.15. The number of rotatable bonds is 2. The van der Waals surface area contributed by atoms with Gasteiger partial charge in [0.15, 0.2) is 0 Å². The second-order valence-corrected chi connectivity index (χ2v) is 8.52. The highest BCUT2D eigenvalue weighted by molar-refractivity contribution is 5.92. The van der Waals surface area contributed by atoms with Gasteiger partial charge in [-0.15, -0.1) is 0 Å². The third-order valence-electron chi connectivity index (χ3n) is 6.69. The number of carbonyl (C=O) groups excluding carboxylic acids is 1. The minimum atomic E-state index is -0.463. The summed E-state index contributed by atoms with van der Waals surface area (Å²) in [7, 11) is 0. The van der Waals surface area contributed by atoms with Crippen LogP contribution in [0.1, 0.15) is 35.3 Å². The van der Waals surface area contributed by atoms with Gasteiger partial charge in [0, 0.05) is 23.8 Å². The number of imidazole rings is 1. The van der Waals surface area contributed by atoms with Gasteiger partial charge >= 0.3 is 11.7 Å². The van der Waals surface area contributed by atoms with Gasteiger partial charge in [-0.2, -0.15) is 10.5 Å². The molecule has 2 aromatic heterocycles. The van der Waals surface area contributed by atoms with Gasteiger partial charge in [-0.25, -0.2) is 14.2 Å². The van der Waals surface area contributed by atoms with Crippen LogP contribution in [-0.4, -0.2) is 36.7 Å². The van der Waals surface area contributed by atoms with E-state index in [1.807, 2.05) is 6.07 Å². The molecule has 0 aliphatic carbocycles. The topological polar surface area (TPSA) is 140 Å². The first-order chi connectivity index (χ1) is 17.0. The molecule has 2 bridgehead atoms. The molecule has 2 N–H and O–H groups in total. The highest BCUT2D eigenvalue weighted by Gasteiger charge is 2.49. The molecule has 2 aromatic carbocycles. The molecule has 10 heteroatoms. The van der Waals surface area contributed by atoms with Gasteiger partial charge in [-0.3, -0.25) is 9.55 Å². The lowest BCUT2D eigenvalue weighted by Crippen LogP contribution is -2.40. The van der Waals surface area contributed by atoms with Gasteiger partial charge < -0.3 is 15.3 Å². The maximum Gasteiger partial charge on any atom is 0.336 e.